The van der Waals surface area contributed by atoms with E-state index in [4.69, 9.17) is 0 Å². The van der Waals surface area contributed by atoms with Crippen molar-refractivity contribution >= 4 is 0 Å². The van der Waals surface area contributed by atoms with Crippen LogP contribution in [-0.2, 0) is 4.74 Å². The van der Waals surface area contributed by atoms with E-state index in [-0.39, 0.29) is 11.2 Å². The fourth-order valence-corrected chi connectivity index (χ4v) is 1.48. The minimum Gasteiger partial charge on any atom is -0.410 e. The van der Waals surface area contributed by atoms with Gasteiger partial charge in [0, 0.05) is 6.42 Å². The van der Waals surface area contributed by atoms with E-state index in [9.17, 15) is 13.2 Å². The smallest absolute Gasteiger partial charge is 0.410 e. The Labute approximate surface area is 87.6 Å². The predicted octanol–water partition coefficient (Wildman–Crippen LogP) is 4.17. The van der Waals surface area contributed by atoms with E-state index in [2.05, 4.69) is 4.74 Å². The van der Waals surface area contributed by atoms with Crippen molar-refractivity contribution in [2.75, 3.05) is 0 Å². The summed E-state index contributed by atoms with van der Waals surface area (Å²) >= 11 is 0. The summed E-state index contributed by atoms with van der Waals surface area (Å²) in [6.07, 6.45) is -0.477. The Morgan fingerprint density at radius 3 is 2.00 bits per heavy atom. The molecule has 1 aliphatic rings. The third-order valence-electron chi connectivity index (χ3n) is 2.32. The molecule has 0 aromatic carbocycles. The van der Waals surface area contributed by atoms with Gasteiger partial charge >= 0.3 is 6.36 Å². The van der Waals surface area contributed by atoms with Crippen molar-refractivity contribution in [1.82, 2.24) is 0 Å². The molecule has 0 saturated heterocycles. The van der Waals surface area contributed by atoms with Crippen LogP contribution >= 0.6 is 0 Å². The number of hydrogen-bond donors (Lipinski definition) is 0. The van der Waals surface area contributed by atoms with Gasteiger partial charge in [-0.15, -0.1) is 13.2 Å². The number of hydrogen-bond acceptors (Lipinski definition) is 1. The van der Waals surface area contributed by atoms with E-state index in [0.29, 0.717) is 12.8 Å². The first-order chi connectivity index (χ1) is 6.68. The van der Waals surface area contributed by atoms with Crippen molar-refractivity contribution in [3.8, 4) is 0 Å². The van der Waals surface area contributed by atoms with Crippen LogP contribution in [0.25, 0.3) is 0 Å². The van der Waals surface area contributed by atoms with Crippen molar-refractivity contribution in [2.24, 2.45) is 5.41 Å². The number of ether oxygens (including phenoxy) is 1. The van der Waals surface area contributed by atoms with Crippen LogP contribution in [0.3, 0.4) is 0 Å². The average Bonchev–Trinajstić information content (AvgIpc) is 2.00. The molecule has 0 atom stereocenters. The Morgan fingerprint density at radius 2 is 1.67 bits per heavy atom. The first kappa shape index (κ1) is 12.1. The SMILES string of the molecule is CC(C)(C)C1=CC=C(OC(F)(F)F)CC1. The average molecular weight is 220 g/mol. The molecule has 0 saturated carbocycles. The van der Waals surface area contributed by atoms with Gasteiger partial charge in [0.15, 0.2) is 0 Å². The standard InChI is InChI=1S/C11H15F3O/c1-10(2,3)8-4-6-9(7-5-8)15-11(12,13)14/h4,6H,5,7H2,1-3H3. The molecule has 0 amide bonds. The minimum absolute atomic E-state index is 0.00417. The first-order valence-corrected chi connectivity index (χ1v) is 4.84. The molecular weight excluding hydrogens is 205 g/mol. The quantitative estimate of drug-likeness (QED) is 0.644. The topological polar surface area (TPSA) is 9.23 Å². The third-order valence-corrected chi connectivity index (χ3v) is 2.32. The van der Waals surface area contributed by atoms with Gasteiger partial charge in [-0.2, -0.15) is 0 Å². The number of halogens is 3. The second-order valence-electron chi connectivity index (χ2n) is 4.62. The summed E-state index contributed by atoms with van der Waals surface area (Å²) in [4.78, 5) is 0. The molecule has 1 aliphatic carbocycles. The van der Waals surface area contributed by atoms with Crippen LogP contribution in [0.5, 0.6) is 0 Å². The molecule has 0 unspecified atom stereocenters. The lowest BCUT2D eigenvalue weighted by Gasteiger charge is -2.26. The Balaban J connectivity index is 2.69. The number of allylic oxidation sites excluding steroid dienone is 4. The van der Waals surface area contributed by atoms with Gasteiger partial charge in [0.1, 0.15) is 5.76 Å². The highest BCUT2D eigenvalue weighted by Gasteiger charge is 2.32. The molecule has 0 aromatic rings. The Kier molecular flexibility index (Phi) is 3.16. The first-order valence-electron chi connectivity index (χ1n) is 4.84. The molecule has 15 heavy (non-hydrogen) atoms. The molecule has 0 N–H and O–H groups in total. The molecule has 0 radical (unpaired) electrons. The highest BCUT2D eigenvalue weighted by Crippen LogP contribution is 2.34. The van der Waals surface area contributed by atoms with Gasteiger partial charge in [-0.25, -0.2) is 0 Å². The van der Waals surface area contributed by atoms with Crippen molar-refractivity contribution in [3.63, 3.8) is 0 Å². The van der Waals surface area contributed by atoms with Crippen LogP contribution in [0.2, 0.25) is 0 Å². The molecule has 0 aromatic heterocycles. The Morgan fingerprint density at radius 1 is 1.07 bits per heavy atom. The number of alkyl halides is 3. The lowest BCUT2D eigenvalue weighted by Crippen LogP contribution is -2.16. The molecule has 0 fully saturated rings. The molecule has 0 spiro atoms. The van der Waals surface area contributed by atoms with Gasteiger partial charge in [-0.05, 0) is 17.9 Å². The summed E-state index contributed by atoms with van der Waals surface area (Å²) in [5.41, 5.74) is 1.16. The molecule has 1 nitrogen and oxygen atoms in total. The fraction of sp³-hybridized carbons (Fsp3) is 0.636. The molecule has 1 rings (SSSR count). The second kappa shape index (κ2) is 3.91. The molecule has 4 heteroatoms. The summed E-state index contributed by atoms with van der Waals surface area (Å²) in [6.45, 7) is 6.13. The zero-order chi connectivity index (χ0) is 11.7. The van der Waals surface area contributed by atoms with Crippen molar-refractivity contribution < 1.29 is 17.9 Å². The predicted molar refractivity (Wildman–Crippen MR) is 52.0 cm³/mol. The molecule has 0 bridgehead atoms. The third kappa shape index (κ3) is 3.98. The summed E-state index contributed by atoms with van der Waals surface area (Å²) < 4.78 is 39.5. The van der Waals surface area contributed by atoms with E-state index in [0.717, 1.165) is 5.57 Å². The van der Waals surface area contributed by atoms with Gasteiger partial charge in [0.05, 0.1) is 0 Å². The zero-order valence-corrected chi connectivity index (χ0v) is 9.11. The van der Waals surface area contributed by atoms with Crippen LogP contribution < -0.4 is 0 Å². The molecule has 0 heterocycles. The summed E-state index contributed by atoms with van der Waals surface area (Å²) in [5.74, 6) is -0.00417. The maximum absolute atomic E-state index is 11.9. The second-order valence-corrected chi connectivity index (χ2v) is 4.62. The highest BCUT2D eigenvalue weighted by molar-refractivity contribution is 5.24. The maximum Gasteiger partial charge on any atom is 0.572 e. The van der Waals surface area contributed by atoms with Gasteiger partial charge in [0.25, 0.3) is 0 Å². The van der Waals surface area contributed by atoms with E-state index in [1.165, 1.54) is 6.08 Å². The van der Waals surface area contributed by atoms with Gasteiger partial charge in [0.2, 0.25) is 0 Å². The molecular formula is C11H15F3O. The van der Waals surface area contributed by atoms with E-state index in [1.807, 2.05) is 20.8 Å². The van der Waals surface area contributed by atoms with Crippen LogP contribution in [0.1, 0.15) is 33.6 Å². The maximum atomic E-state index is 11.9. The summed E-state index contributed by atoms with van der Waals surface area (Å²) in [6, 6.07) is 0. The fourth-order valence-electron chi connectivity index (χ4n) is 1.48. The van der Waals surface area contributed by atoms with Crippen LogP contribution in [0.15, 0.2) is 23.5 Å². The lowest BCUT2D eigenvalue weighted by atomic mass is 9.82. The van der Waals surface area contributed by atoms with Gasteiger partial charge < -0.3 is 4.74 Å². The summed E-state index contributed by atoms with van der Waals surface area (Å²) in [7, 11) is 0. The normalized spacial score (nSPS) is 18.3. The molecule has 0 aliphatic heterocycles. The van der Waals surface area contributed by atoms with E-state index in [1.54, 1.807) is 6.08 Å². The van der Waals surface area contributed by atoms with E-state index < -0.39 is 6.36 Å². The Hall–Kier alpha value is -0.930. The molecule has 86 valence electrons. The minimum atomic E-state index is -4.57. The number of rotatable bonds is 1. The van der Waals surface area contributed by atoms with Gasteiger partial charge in [-0.3, -0.25) is 0 Å². The lowest BCUT2D eigenvalue weighted by molar-refractivity contribution is -0.306. The monoisotopic (exact) mass is 220 g/mol. The largest absolute Gasteiger partial charge is 0.572 e. The van der Waals surface area contributed by atoms with Crippen molar-refractivity contribution in [2.45, 2.75) is 40.0 Å². The van der Waals surface area contributed by atoms with Crippen LogP contribution in [-0.4, -0.2) is 6.36 Å². The van der Waals surface area contributed by atoms with Crippen LogP contribution in [0.4, 0.5) is 13.2 Å². The van der Waals surface area contributed by atoms with Gasteiger partial charge in [-0.1, -0.05) is 32.4 Å². The highest BCUT2D eigenvalue weighted by atomic mass is 19.4. The van der Waals surface area contributed by atoms with Crippen molar-refractivity contribution in [1.29, 1.82) is 0 Å². The van der Waals surface area contributed by atoms with Crippen molar-refractivity contribution in [3.05, 3.63) is 23.5 Å². The van der Waals surface area contributed by atoms with Crippen LogP contribution in [0, 0.1) is 5.41 Å². The zero-order valence-electron chi connectivity index (χ0n) is 9.11. The Bertz CT molecular complexity index is 292. The van der Waals surface area contributed by atoms with E-state index >= 15 is 0 Å². The summed E-state index contributed by atoms with van der Waals surface area (Å²) in [5, 5.41) is 0.